The van der Waals surface area contributed by atoms with E-state index in [1.54, 1.807) is 4.31 Å². The molecule has 3 aliphatic rings. The molecule has 0 spiro atoms. The number of hydrogen-bond donors (Lipinski definition) is 1. The van der Waals surface area contributed by atoms with E-state index in [2.05, 4.69) is 25.8 Å². The third-order valence-electron chi connectivity index (χ3n) is 8.44. The summed E-state index contributed by atoms with van der Waals surface area (Å²) in [5.74, 6) is 0.488. The van der Waals surface area contributed by atoms with Gasteiger partial charge in [0.1, 0.15) is 11.6 Å². The van der Waals surface area contributed by atoms with Crippen LogP contribution < -0.4 is 4.90 Å². The van der Waals surface area contributed by atoms with E-state index < -0.39 is 27.6 Å². The summed E-state index contributed by atoms with van der Waals surface area (Å²) in [6, 6.07) is 2.12. The van der Waals surface area contributed by atoms with Crippen molar-refractivity contribution in [2.75, 3.05) is 30.3 Å². The first kappa shape index (κ1) is 24.6. The van der Waals surface area contributed by atoms with Gasteiger partial charge < -0.3 is 4.90 Å². The molecule has 1 saturated heterocycles. The molecule has 4 rings (SSSR count). The van der Waals surface area contributed by atoms with Gasteiger partial charge in [0.15, 0.2) is 5.75 Å². The number of carbonyl (C=O) groups is 1. The van der Waals surface area contributed by atoms with E-state index in [0.717, 1.165) is 25.1 Å². The molecule has 10 heteroatoms. The highest BCUT2D eigenvalue weighted by Crippen LogP contribution is 2.72. The van der Waals surface area contributed by atoms with Crippen molar-refractivity contribution < 1.29 is 26.7 Å². The van der Waals surface area contributed by atoms with Crippen LogP contribution in [0.1, 0.15) is 58.9 Å². The fourth-order valence-corrected chi connectivity index (χ4v) is 8.71. The van der Waals surface area contributed by atoms with Crippen LogP contribution in [0.4, 0.5) is 19.0 Å². The van der Waals surface area contributed by atoms with E-state index in [4.69, 9.17) is 0 Å². The average molecular weight is 489 g/mol. The molecule has 0 radical (unpaired) electrons. The van der Waals surface area contributed by atoms with Gasteiger partial charge >= 0.3 is 6.18 Å². The molecule has 3 unspecified atom stereocenters. The molecule has 1 N–H and O–H groups in total. The summed E-state index contributed by atoms with van der Waals surface area (Å²) >= 11 is 0. The smallest absolute Gasteiger partial charge is 0.351 e. The van der Waals surface area contributed by atoms with Gasteiger partial charge in [0.2, 0.25) is 0 Å². The quantitative estimate of drug-likeness (QED) is 0.624. The Kier molecular flexibility index (Phi) is 5.77. The minimum atomic E-state index is -4.45. The van der Waals surface area contributed by atoms with Gasteiger partial charge in [0.25, 0.3) is 10.4 Å². The molecule has 0 amide bonds. The Morgan fingerprint density at radius 3 is 2.36 bits per heavy atom. The molecule has 2 heterocycles. The van der Waals surface area contributed by atoms with Gasteiger partial charge in [-0.2, -0.15) is 17.7 Å². The highest BCUT2D eigenvalue weighted by molar-refractivity contribution is 7.95. The number of carbonyl (C=O) groups excluding carboxylic acids is 1. The monoisotopic (exact) mass is 488 g/mol. The maximum absolute atomic E-state index is 13.6. The molecule has 2 saturated carbocycles. The maximum atomic E-state index is 13.6. The van der Waals surface area contributed by atoms with Gasteiger partial charge in [-0.1, -0.05) is 25.1 Å². The lowest BCUT2D eigenvalue weighted by molar-refractivity contribution is -0.154. The van der Waals surface area contributed by atoms with Crippen molar-refractivity contribution in [3.8, 4) is 0 Å². The Bertz CT molecular complexity index is 978. The summed E-state index contributed by atoms with van der Waals surface area (Å²) in [7, 11) is -3.44. The van der Waals surface area contributed by atoms with Crippen LogP contribution in [0.15, 0.2) is 18.3 Å². The predicted molar refractivity (Wildman–Crippen MR) is 121 cm³/mol. The number of anilines is 1. The SMILES string of the molecule is C[C@H]1CN([S+](=O)(O)CC23CCC2(C(C)(C)C)CCC3=O)CCN1c1ccc(C(F)(F)F)cn1. The molecule has 6 nitrogen and oxygen atoms in total. The number of hydrogen-bond acceptors (Lipinski definition) is 4. The van der Waals surface area contributed by atoms with Gasteiger partial charge in [-0.25, -0.2) is 4.98 Å². The molecule has 0 aromatic carbocycles. The Labute approximate surface area is 194 Å². The molecule has 33 heavy (non-hydrogen) atoms. The summed E-state index contributed by atoms with van der Waals surface area (Å²) in [6.45, 7) is 9.13. The first-order valence-electron chi connectivity index (χ1n) is 11.5. The molecule has 184 valence electrons. The van der Waals surface area contributed by atoms with E-state index in [9.17, 15) is 26.7 Å². The number of ketones is 1. The van der Waals surface area contributed by atoms with Crippen molar-refractivity contribution in [2.45, 2.75) is 65.6 Å². The van der Waals surface area contributed by atoms with E-state index in [1.165, 1.54) is 6.07 Å². The molecular formula is C23H33F3N3O3S+. The number of pyridine rings is 1. The van der Waals surface area contributed by atoms with Crippen molar-refractivity contribution >= 4 is 22.0 Å². The van der Waals surface area contributed by atoms with Crippen molar-refractivity contribution in [3.63, 3.8) is 0 Å². The Balaban J connectivity index is 1.49. The number of nitrogens with zero attached hydrogens (tertiary/aromatic N) is 3. The van der Waals surface area contributed by atoms with Gasteiger partial charge in [0, 0.05) is 25.2 Å². The van der Waals surface area contributed by atoms with Gasteiger partial charge in [-0.05, 0) is 53.4 Å². The van der Waals surface area contributed by atoms with Crippen molar-refractivity contribution in [1.82, 2.24) is 9.29 Å². The highest BCUT2D eigenvalue weighted by atomic mass is 32.3. The minimum Gasteiger partial charge on any atom is -0.351 e. The van der Waals surface area contributed by atoms with E-state index in [-0.39, 0.29) is 41.5 Å². The third kappa shape index (κ3) is 3.82. The number of alkyl halides is 3. The number of aromatic nitrogens is 1. The molecule has 4 atom stereocenters. The summed E-state index contributed by atoms with van der Waals surface area (Å²) in [5.41, 5.74) is -1.92. The Hall–Kier alpha value is -1.52. The Morgan fingerprint density at radius 1 is 1.18 bits per heavy atom. The van der Waals surface area contributed by atoms with Crippen molar-refractivity contribution in [2.24, 2.45) is 16.2 Å². The lowest BCUT2D eigenvalue weighted by atomic mass is 9.43. The number of halogens is 3. The van der Waals surface area contributed by atoms with E-state index in [1.807, 2.05) is 11.8 Å². The highest BCUT2D eigenvalue weighted by Gasteiger charge is 2.73. The maximum Gasteiger partial charge on any atom is 0.417 e. The summed E-state index contributed by atoms with van der Waals surface area (Å²) in [6.07, 6.45) is -0.825. The first-order chi connectivity index (χ1) is 15.1. The lowest BCUT2D eigenvalue weighted by Crippen LogP contribution is -2.64. The second-order valence-electron chi connectivity index (χ2n) is 10.9. The second-order valence-corrected chi connectivity index (χ2v) is 12.9. The normalized spacial score (nSPS) is 32.9. The molecule has 1 aliphatic heterocycles. The molecule has 1 aromatic rings. The zero-order chi connectivity index (χ0) is 24.4. The topological polar surface area (TPSA) is 73.7 Å². The molecular weight excluding hydrogens is 455 g/mol. The molecule has 1 aromatic heterocycles. The minimum absolute atomic E-state index is 0.0403. The second kappa shape index (κ2) is 7.75. The van der Waals surface area contributed by atoms with Crippen molar-refractivity contribution in [3.05, 3.63) is 23.9 Å². The largest absolute Gasteiger partial charge is 0.417 e. The van der Waals surface area contributed by atoms with Crippen LogP contribution in [-0.4, -0.2) is 51.1 Å². The Morgan fingerprint density at radius 2 is 1.88 bits per heavy atom. The summed E-state index contributed by atoms with van der Waals surface area (Å²) < 4.78 is 64.8. The van der Waals surface area contributed by atoms with Crippen LogP contribution in [0.3, 0.4) is 0 Å². The van der Waals surface area contributed by atoms with Crippen LogP contribution in [0, 0.1) is 16.2 Å². The summed E-state index contributed by atoms with van der Waals surface area (Å²) in [5, 5.41) is 0. The number of piperazine rings is 1. The van der Waals surface area contributed by atoms with Gasteiger partial charge in [0.05, 0.1) is 24.1 Å². The van der Waals surface area contributed by atoms with Gasteiger partial charge in [-0.3, -0.25) is 4.79 Å². The molecule has 2 aliphatic carbocycles. The van der Waals surface area contributed by atoms with Crippen LogP contribution in [-0.2, 0) is 25.6 Å². The zero-order valence-electron chi connectivity index (χ0n) is 19.6. The fraction of sp³-hybridized carbons (Fsp3) is 0.739. The third-order valence-corrected chi connectivity index (χ3v) is 10.4. The fourth-order valence-electron chi connectivity index (χ4n) is 6.48. The number of rotatable bonds is 4. The van der Waals surface area contributed by atoms with E-state index >= 15 is 0 Å². The lowest BCUT2D eigenvalue weighted by Gasteiger charge is -2.60. The number of Topliss-reactive ketones (excluding diaryl/α,β-unsaturated/α-hetero) is 1. The van der Waals surface area contributed by atoms with Crippen LogP contribution in [0.25, 0.3) is 0 Å². The molecule has 3 fully saturated rings. The predicted octanol–water partition coefficient (Wildman–Crippen LogP) is 4.67. The molecule has 0 bridgehead atoms. The van der Waals surface area contributed by atoms with Crippen LogP contribution in [0.2, 0.25) is 0 Å². The zero-order valence-corrected chi connectivity index (χ0v) is 20.4. The van der Waals surface area contributed by atoms with Gasteiger partial charge in [-0.15, -0.1) is 0 Å². The van der Waals surface area contributed by atoms with Crippen molar-refractivity contribution in [1.29, 1.82) is 0 Å². The van der Waals surface area contributed by atoms with E-state index in [0.29, 0.717) is 25.2 Å². The standard InChI is InChI=1S/C23H32F3N3O3S/c1-16-14-28(11-12-29(16)19-6-5-17(13-27-19)23(24,25)26)33(31,32)15-21-9-10-22(21,20(2,3)4)8-7-18(21)30/h5-6,13,16H,7-12,14-15H2,1-4H3/p+1/t16-,21?,22?/m0/s1. The summed E-state index contributed by atoms with van der Waals surface area (Å²) in [4.78, 5) is 18.8. The van der Waals surface area contributed by atoms with Crippen LogP contribution >= 0.6 is 0 Å². The number of fused-ring (bicyclic) bond motifs is 1. The average Bonchev–Trinajstić information content (AvgIpc) is 2.87. The first-order valence-corrected chi connectivity index (χ1v) is 13.1. The van der Waals surface area contributed by atoms with Crippen LogP contribution in [0.5, 0.6) is 0 Å².